The monoisotopic (exact) mass is 431 g/mol. The van der Waals surface area contributed by atoms with E-state index < -0.39 is 5.60 Å². The van der Waals surface area contributed by atoms with Crippen molar-refractivity contribution in [1.82, 2.24) is 20.3 Å². The van der Waals surface area contributed by atoms with Gasteiger partial charge in [0.15, 0.2) is 0 Å². The van der Waals surface area contributed by atoms with Crippen molar-refractivity contribution in [3.63, 3.8) is 0 Å². The number of pyridine rings is 1. The zero-order chi connectivity index (χ0) is 21.1. The normalized spacial score (nSPS) is 19.9. The fourth-order valence-corrected chi connectivity index (χ4v) is 5.40. The maximum atomic E-state index is 10.6. The van der Waals surface area contributed by atoms with Gasteiger partial charge in [0.05, 0.1) is 5.69 Å². The molecule has 0 unspecified atom stereocenters. The van der Waals surface area contributed by atoms with Crippen LogP contribution in [0.5, 0.6) is 0 Å². The molecular weight excluding hydrogens is 406 g/mol. The Kier molecular flexibility index (Phi) is 4.35. The van der Waals surface area contributed by atoms with Crippen LogP contribution in [0.3, 0.4) is 0 Å². The fraction of sp³-hybridized carbons (Fsp3) is 0.375. The fourth-order valence-electron chi connectivity index (χ4n) is 4.71. The Morgan fingerprint density at radius 3 is 2.58 bits per heavy atom. The van der Waals surface area contributed by atoms with Gasteiger partial charge in [0, 0.05) is 59.8 Å². The highest BCUT2D eigenvalue weighted by molar-refractivity contribution is 7.99. The van der Waals surface area contributed by atoms with Crippen LogP contribution in [0.15, 0.2) is 53.8 Å². The molecule has 7 heteroatoms. The number of hydrogen-bond donors (Lipinski definition) is 2. The molecular formula is C24H25N5OS. The van der Waals surface area contributed by atoms with Gasteiger partial charge < -0.3 is 15.3 Å². The number of rotatable bonds is 5. The van der Waals surface area contributed by atoms with E-state index in [-0.39, 0.29) is 5.41 Å². The van der Waals surface area contributed by atoms with E-state index in [4.69, 9.17) is 9.97 Å². The summed E-state index contributed by atoms with van der Waals surface area (Å²) >= 11 is 1.87. The lowest BCUT2D eigenvalue weighted by atomic mass is 9.88. The third kappa shape index (κ3) is 3.14. The highest BCUT2D eigenvalue weighted by Gasteiger charge is 2.52. The SMILES string of the molecule is CCSc1ccc2c(c1)N(c1ncc(-c3cc(C4(O)CNC4)ccn3)cn1)CC21CC1. The highest BCUT2D eigenvalue weighted by atomic mass is 32.2. The van der Waals surface area contributed by atoms with Crippen molar-refractivity contribution in [2.24, 2.45) is 0 Å². The predicted octanol–water partition coefficient (Wildman–Crippen LogP) is 3.62. The van der Waals surface area contributed by atoms with Crippen molar-refractivity contribution in [1.29, 1.82) is 0 Å². The average Bonchev–Trinajstić information content (AvgIpc) is 3.49. The van der Waals surface area contributed by atoms with Gasteiger partial charge in [0.1, 0.15) is 5.60 Å². The first-order valence-corrected chi connectivity index (χ1v) is 11.9. The molecule has 3 aromatic rings. The Balaban J connectivity index is 1.31. The van der Waals surface area contributed by atoms with Crippen molar-refractivity contribution in [2.75, 3.05) is 30.3 Å². The standard InChI is InChI=1S/C24H25N5OS/c1-2-31-18-3-4-19-21(10-18)29(15-23(19)6-7-23)22-27-11-16(12-28-22)20-9-17(5-8-26-20)24(30)13-25-14-24/h3-5,8-12,25,30H,2,6-7,13-15H2,1H3. The smallest absolute Gasteiger partial charge is 0.229 e. The summed E-state index contributed by atoms with van der Waals surface area (Å²) in [5.41, 5.74) is 4.70. The Labute approximate surface area is 186 Å². The number of hydrogen-bond acceptors (Lipinski definition) is 7. The van der Waals surface area contributed by atoms with Crippen LogP contribution in [-0.4, -0.2) is 45.4 Å². The zero-order valence-electron chi connectivity index (χ0n) is 17.5. The molecule has 2 aliphatic heterocycles. The van der Waals surface area contributed by atoms with E-state index in [9.17, 15) is 5.11 Å². The van der Waals surface area contributed by atoms with Crippen molar-refractivity contribution in [2.45, 2.75) is 35.7 Å². The number of anilines is 2. The van der Waals surface area contributed by atoms with Crippen LogP contribution in [0.2, 0.25) is 0 Å². The molecule has 2 N–H and O–H groups in total. The summed E-state index contributed by atoms with van der Waals surface area (Å²) in [4.78, 5) is 17.5. The van der Waals surface area contributed by atoms with E-state index in [1.165, 1.54) is 29.0 Å². The van der Waals surface area contributed by atoms with E-state index in [1.807, 2.05) is 36.3 Å². The highest BCUT2D eigenvalue weighted by Crippen LogP contribution is 2.58. The number of benzene rings is 1. The van der Waals surface area contributed by atoms with Gasteiger partial charge >= 0.3 is 0 Å². The van der Waals surface area contributed by atoms with Gasteiger partial charge in [-0.3, -0.25) is 4.98 Å². The van der Waals surface area contributed by atoms with Gasteiger partial charge in [0.2, 0.25) is 5.95 Å². The van der Waals surface area contributed by atoms with E-state index in [1.54, 1.807) is 6.20 Å². The molecule has 0 radical (unpaired) electrons. The lowest BCUT2D eigenvalue weighted by molar-refractivity contribution is -0.0146. The number of nitrogens with one attached hydrogen (secondary N) is 1. The first kappa shape index (κ1) is 19.2. The summed E-state index contributed by atoms with van der Waals surface area (Å²) in [6.45, 7) is 4.28. The van der Waals surface area contributed by atoms with Gasteiger partial charge in [0.25, 0.3) is 0 Å². The Hall–Kier alpha value is -2.48. The minimum atomic E-state index is -0.801. The minimum absolute atomic E-state index is 0.287. The van der Waals surface area contributed by atoms with Crippen molar-refractivity contribution >= 4 is 23.4 Å². The van der Waals surface area contributed by atoms with Gasteiger partial charge in [-0.25, -0.2) is 9.97 Å². The summed E-state index contributed by atoms with van der Waals surface area (Å²) in [7, 11) is 0. The van der Waals surface area contributed by atoms with Crippen LogP contribution in [0.4, 0.5) is 11.6 Å². The van der Waals surface area contributed by atoms with E-state index in [0.717, 1.165) is 35.1 Å². The molecule has 6 rings (SSSR count). The maximum absolute atomic E-state index is 10.6. The van der Waals surface area contributed by atoms with Gasteiger partial charge in [-0.2, -0.15) is 0 Å². The molecule has 4 heterocycles. The number of nitrogens with zero attached hydrogens (tertiary/aromatic N) is 4. The van der Waals surface area contributed by atoms with Crippen LogP contribution in [0, 0.1) is 0 Å². The topological polar surface area (TPSA) is 74.2 Å². The van der Waals surface area contributed by atoms with Crippen molar-refractivity contribution in [3.8, 4) is 11.3 Å². The molecule has 6 nitrogen and oxygen atoms in total. The molecule has 0 bridgehead atoms. The third-order valence-corrected chi connectivity index (χ3v) is 7.64. The number of fused-ring (bicyclic) bond motifs is 2. The summed E-state index contributed by atoms with van der Waals surface area (Å²) in [5, 5.41) is 13.7. The Morgan fingerprint density at radius 2 is 1.90 bits per heavy atom. The largest absolute Gasteiger partial charge is 0.382 e. The van der Waals surface area contributed by atoms with Gasteiger partial charge in [-0.1, -0.05) is 13.0 Å². The van der Waals surface area contributed by atoms with Crippen molar-refractivity contribution < 1.29 is 5.11 Å². The maximum Gasteiger partial charge on any atom is 0.229 e. The van der Waals surface area contributed by atoms with Crippen LogP contribution < -0.4 is 10.2 Å². The molecule has 0 atom stereocenters. The number of aliphatic hydroxyl groups is 1. The summed E-state index contributed by atoms with van der Waals surface area (Å²) in [6, 6.07) is 10.7. The Bertz CT molecular complexity index is 1140. The number of β-amino-alcohol motifs (C(OH)–C–C–N with tert-alkyl or cyclic N) is 1. The number of aromatic nitrogens is 3. The second-order valence-corrected chi connectivity index (χ2v) is 10.2. The Morgan fingerprint density at radius 1 is 1.10 bits per heavy atom. The van der Waals surface area contributed by atoms with Crippen LogP contribution in [0.1, 0.15) is 30.9 Å². The summed E-state index contributed by atoms with van der Waals surface area (Å²) in [5.74, 6) is 1.80. The lowest BCUT2D eigenvalue weighted by Gasteiger charge is -2.38. The molecule has 2 aromatic heterocycles. The molecule has 0 amide bonds. The zero-order valence-corrected chi connectivity index (χ0v) is 18.3. The molecule has 2 fully saturated rings. The molecule has 1 aliphatic carbocycles. The molecule has 1 saturated heterocycles. The van der Waals surface area contributed by atoms with Crippen LogP contribution >= 0.6 is 11.8 Å². The molecule has 3 aliphatic rings. The molecule has 1 spiro atoms. The quantitative estimate of drug-likeness (QED) is 0.598. The second-order valence-electron chi connectivity index (χ2n) is 8.82. The predicted molar refractivity (Wildman–Crippen MR) is 123 cm³/mol. The third-order valence-electron chi connectivity index (χ3n) is 6.76. The number of thioether (sulfide) groups is 1. The van der Waals surface area contributed by atoms with E-state index in [0.29, 0.717) is 13.1 Å². The van der Waals surface area contributed by atoms with Crippen LogP contribution in [0.25, 0.3) is 11.3 Å². The van der Waals surface area contributed by atoms with Crippen LogP contribution in [-0.2, 0) is 11.0 Å². The van der Waals surface area contributed by atoms with Gasteiger partial charge in [-0.05, 0) is 54.0 Å². The first-order valence-electron chi connectivity index (χ1n) is 10.9. The van der Waals surface area contributed by atoms with Gasteiger partial charge in [-0.15, -0.1) is 11.8 Å². The average molecular weight is 432 g/mol. The van der Waals surface area contributed by atoms with E-state index in [2.05, 4.69) is 40.3 Å². The second kappa shape index (κ2) is 7.02. The van der Waals surface area contributed by atoms with Crippen molar-refractivity contribution in [3.05, 3.63) is 60.0 Å². The lowest BCUT2D eigenvalue weighted by Crippen LogP contribution is -2.56. The van der Waals surface area contributed by atoms with E-state index >= 15 is 0 Å². The summed E-state index contributed by atoms with van der Waals surface area (Å²) < 4.78 is 0. The minimum Gasteiger partial charge on any atom is -0.382 e. The summed E-state index contributed by atoms with van der Waals surface area (Å²) in [6.07, 6.45) is 7.92. The molecule has 158 valence electrons. The first-order chi connectivity index (χ1) is 15.1. The molecule has 1 aromatic carbocycles. The molecule has 31 heavy (non-hydrogen) atoms. The molecule has 1 saturated carbocycles.